The molecule has 2 heterocycles. The first-order valence-electron chi connectivity index (χ1n) is 7.52. The number of hydrogen-bond acceptors (Lipinski definition) is 2. The van der Waals surface area contributed by atoms with Gasteiger partial charge in [-0.15, -0.1) is 0 Å². The molecule has 0 fully saturated rings. The van der Waals surface area contributed by atoms with Gasteiger partial charge in [-0.2, -0.15) is 0 Å². The van der Waals surface area contributed by atoms with Crippen LogP contribution in [-0.4, -0.2) is 23.3 Å². The first kappa shape index (κ1) is 13.6. The Morgan fingerprint density at radius 3 is 2.70 bits per heavy atom. The third-order valence-electron chi connectivity index (χ3n) is 4.09. The Balaban J connectivity index is 1.81. The maximum Gasteiger partial charge on any atom is 0.272 e. The van der Waals surface area contributed by atoms with E-state index in [1.54, 1.807) is 6.07 Å². The molecule has 0 spiro atoms. The maximum absolute atomic E-state index is 12.6. The highest BCUT2D eigenvalue weighted by molar-refractivity contribution is 6.13. The second-order valence-corrected chi connectivity index (χ2v) is 5.53. The van der Waals surface area contributed by atoms with Crippen molar-refractivity contribution in [3.05, 3.63) is 65.4 Å². The van der Waals surface area contributed by atoms with Crippen molar-refractivity contribution in [2.24, 2.45) is 0 Å². The monoisotopic (exact) mass is 305 g/mol. The van der Waals surface area contributed by atoms with E-state index in [4.69, 9.17) is 0 Å². The summed E-state index contributed by atoms with van der Waals surface area (Å²) in [6, 6.07) is 14.8. The first-order valence-corrected chi connectivity index (χ1v) is 7.52. The average molecular weight is 305 g/mol. The Hall–Kier alpha value is -3.08. The molecule has 2 amide bonds. The molecule has 0 unspecified atom stereocenters. The molecule has 0 aliphatic carbocycles. The summed E-state index contributed by atoms with van der Waals surface area (Å²) in [6.45, 7) is 0.520. The van der Waals surface area contributed by atoms with E-state index in [0.29, 0.717) is 24.2 Å². The zero-order chi connectivity index (χ0) is 15.8. The summed E-state index contributed by atoms with van der Waals surface area (Å²) in [5.74, 6) is -0.286. The highest BCUT2D eigenvalue weighted by Crippen LogP contribution is 2.28. The Morgan fingerprint density at radius 2 is 1.87 bits per heavy atom. The molecular formula is C18H15N3O2. The fourth-order valence-corrected chi connectivity index (χ4v) is 3.06. The highest BCUT2D eigenvalue weighted by Gasteiger charge is 2.24. The molecule has 5 nitrogen and oxygen atoms in total. The van der Waals surface area contributed by atoms with Crippen LogP contribution in [0.25, 0.3) is 10.9 Å². The minimum Gasteiger partial charge on any atom is -0.352 e. The number of anilines is 1. The molecule has 0 saturated heterocycles. The summed E-state index contributed by atoms with van der Waals surface area (Å²) in [5, 5.41) is 6.61. The van der Waals surface area contributed by atoms with Crippen molar-refractivity contribution in [3.63, 3.8) is 0 Å². The molecule has 3 aromatic rings. The molecule has 1 aliphatic rings. The van der Waals surface area contributed by atoms with Crippen LogP contribution in [-0.2, 0) is 6.42 Å². The van der Waals surface area contributed by atoms with Crippen molar-refractivity contribution in [1.29, 1.82) is 0 Å². The van der Waals surface area contributed by atoms with Gasteiger partial charge in [0, 0.05) is 28.7 Å². The lowest BCUT2D eigenvalue weighted by Crippen LogP contribution is -2.24. The van der Waals surface area contributed by atoms with Gasteiger partial charge in [-0.05, 0) is 36.2 Å². The van der Waals surface area contributed by atoms with Crippen LogP contribution >= 0.6 is 0 Å². The number of H-pyrrole nitrogens is 1. The van der Waals surface area contributed by atoms with Gasteiger partial charge >= 0.3 is 0 Å². The van der Waals surface area contributed by atoms with Crippen molar-refractivity contribution < 1.29 is 9.59 Å². The number of carbonyl (C=O) groups is 2. The number of amides is 2. The molecule has 0 radical (unpaired) electrons. The molecule has 0 saturated carbocycles. The van der Waals surface area contributed by atoms with Crippen molar-refractivity contribution in [1.82, 2.24) is 10.3 Å². The van der Waals surface area contributed by atoms with Gasteiger partial charge in [0.1, 0.15) is 5.69 Å². The summed E-state index contributed by atoms with van der Waals surface area (Å²) in [7, 11) is 0. The summed E-state index contributed by atoms with van der Waals surface area (Å²) >= 11 is 0. The van der Waals surface area contributed by atoms with Gasteiger partial charge in [-0.25, -0.2) is 0 Å². The number of nitrogens with one attached hydrogen (secondary N) is 3. The predicted molar refractivity (Wildman–Crippen MR) is 88.7 cm³/mol. The number of aromatic nitrogens is 1. The molecule has 3 N–H and O–H groups in total. The maximum atomic E-state index is 12.6. The normalized spacial score (nSPS) is 13.5. The summed E-state index contributed by atoms with van der Waals surface area (Å²) in [6.07, 6.45) is 0.625. The second-order valence-electron chi connectivity index (χ2n) is 5.53. The quantitative estimate of drug-likeness (QED) is 0.681. The van der Waals surface area contributed by atoms with Crippen LogP contribution in [0.4, 0.5) is 5.69 Å². The van der Waals surface area contributed by atoms with E-state index >= 15 is 0 Å². The van der Waals surface area contributed by atoms with Gasteiger partial charge in [0.15, 0.2) is 0 Å². The van der Waals surface area contributed by atoms with Crippen molar-refractivity contribution in [3.8, 4) is 0 Å². The lowest BCUT2D eigenvalue weighted by molar-refractivity contribution is 0.0956. The van der Waals surface area contributed by atoms with E-state index in [0.717, 1.165) is 22.2 Å². The van der Waals surface area contributed by atoms with E-state index in [1.165, 1.54) is 0 Å². The topological polar surface area (TPSA) is 74.0 Å². The van der Waals surface area contributed by atoms with Crippen molar-refractivity contribution in [2.45, 2.75) is 6.42 Å². The summed E-state index contributed by atoms with van der Waals surface area (Å²) < 4.78 is 0. The zero-order valence-corrected chi connectivity index (χ0v) is 12.3. The van der Waals surface area contributed by atoms with Gasteiger partial charge in [-0.3, -0.25) is 9.59 Å². The standard InChI is InChI=1S/C18H15N3O2/c22-17-13-7-4-8-14-15(13)12(9-10-19-17)16(21-14)18(23)20-11-5-2-1-3-6-11/h1-8,21H,9-10H2,(H,19,22)(H,20,23). The van der Waals surface area contributed by atoms with Crippen LogP contribution in [0.3, 0.4) is 0 Å². The van der Waals surface area contributed by atoms with Gasteiger partial charge in [0.25, 0.3) is 11.8 Å². The molecule has 1 aliphatic heterocycles. The third-order valence-corrected chi connectivity index (χ3v) is 4.09. The van der Waals surface area contributed by atoms with E-state index in [-0.39, 0.29) is 11.8 Å². The van der Waals surface area contributed by atoms with Crippen LogP contribution in [0, 0.1) is 0 Å². The van der Waals surface area contributed by atoms with Crippen LogP contribution in [0.15, 0.2) is 48.5 Å². The summed E-state index contributed by atoms with van der Waals surface area (Å²) in [5.41, 5.74) is 3.58. The number of rotatable bonds is 2. The highest BCUT2D eigenvalue weighted by atomic mass is 16.2. The molecule has 4 rings (SSSR count). The largest absolute Gasteiger partial charge is 0.352 e. The molecule has 0 atom stereocenters. The van der Waals surface area contributed by atoms with Gasteiger partial charge in [-0.1, -0.05) is 24.3 Å². The number of para-hydroxylation sites is 1. The van der Waals surface area contributed by atoms with E-state index < -0.39 is 0 Å². The number of aromatic amines is 1. The first-order chi connectivity index (χ1) is 11.2. The van der Waals surface area contributed by atoms with Crippen LogP contribution in [0.1, 0.15) is 26.4 Å². The molecule has 0 bridgehead atoms. The molecule has 1 aromatic heterocycles. The van der Waals surface area contributed by atoms with E-state index in [9.17, 15) is 9.59 Å². The molecule has 114 valence electrons. The number of hydrogen-bond donors (Lipinski definition) is 3. The minimum absolute atomic E-state index is 0.0941. The Morgan fingerprint density at radius 1 is 1.04 bits per heavy atom. The van der Waals surface area contributed by atoms with Crippen LogP contribution < -0.4 is 10.6 Å². The average Bonchev–Trinajstić information content (AvgIpc) is 2.85. The fourth-order valence-electron chi connectivity index (χ4n) is 3.06. The van der Waals surface area contributed by atoms with Gasteiger partial charge in [0.2, 0.25) is 0 Å². The van der Waals surface area contributed by atoms with E-state index in [1.807, 2.05) is 42.5 Å². The predicted octanol–water partition coefficient (Wildman–Crippen LogP) is 2.71. The lowest BCUT2D eigenvalue weighted by Gasteiger charge is -2.06. The smallest absolute Gasteiger partial charge is 0.272 e. The molecule has 5 heteroatoms. The van der Waals surface area contributed by atoms with Gasteiger partial charge in [0.05, 0.1) is 0 Å². The van der Waals surface area contributed by atoms with Crippen LogP contribution in [0.5, 0.6) is 0 Å². The second kappa shape index (κ2) is 5.28. The third kappa shape index (κ3) is 2.26. The lowest BCUT2D eigenvalue weighted by atomic mass is 10.0. The Labute approximate surface area is 132 Å². The fraction of sp³-hybridized carbons (Fsp3) is 0.111. The Kier molecular flexibility index (Phi) is 3.12. The molecular weight excluding hydrogens is 290 g/mol. The van der Waals surface area contributed by atoms with Crippen molar-refractivity contribution in [2.75, 3.05) is 11.9 Å². The van der Waals surface area contributed by atoms with Crippen molar-refractivity contribution >= 4 is 28.4 Å². The van der Waals surface area contributed by atoms with Gasteiger partial charge < -0.3 is 15.6 Å². The Bertz CT molecular complexity index is 913. The summed E-state index contributed by atoms with van der Waals surface area (Å²) in [4.78, 5) is 28.0. The van der Waals surface area contributed by atoms with Crippen LogP contribution in [0.2, 0.25) is 0 Å². The number of benzene rings is 2. The van der Waals surface area contributed by atoms with E-state index in [2.05, 4.69) is 15.6 Å². The number of carbonyl (C=O) groups excluding carboxylic acids is 2. The SMILES string of the molecule is O=C(Nc1ccccc1)c1[nH]c2cccc3c2c1CCNC3=O. The molecule has 2 aromatic carbocycles. The molecule has 23 heavy (non-hydrogen) atoms. The zero-order valence-electron chi connectivity index (χ0n) is 12.3. The minimum atomic E-state index is -0.192.